The summed E-state index contributed by atoms with van der Waals surface area (Å²) in [5, 5.41) is 14.9. The first kappa shape index (κ1) is 67.3. The molecule has 10 heterocycles. The van der Waals surface area contributed by atoms with Crippen LogP contribution in [0.5, 0.6) is 17.2 Å². The Morgan fingerprint density at radius 2 is 0.851 bits per heavy atom. The SMILES string of the molecule is Cc1cn2c(NCc3c(F)ccc4c3CCO4)ncc(-c3ccc(CN4CCCC4=O)cc3)c2n1.Cc1cn2c(NCc3c(F)ccc4c3CCO4)ncc(-c3ccc(S(=O)(=O)N(C)C)cc3)c2n1.Cc1cn2c(NCc3c(F)ccc4c3CCO4)ncc(-c3ccc(S(N)(=O)=O)cc3)c2n1. The number of likely N-dealkylation sites (tertiary alicyclic amines) is 1. The normalized spacial score (nSPS) is 13.9. The first-order valence-electron chi connectivity index (χ1n) is 32.7. The summed E-state index contributed by atoms with van der Waals surface area (Å²) in [5.41, 5.74) is 15.0. The number of fused-ring (bicyclic) bond motifs is 6. The van der Waals surface area contributed by atoms with E-state index >= 15 is 0 Å². The molecule has 1 saturated heterocycles. The van der Waals surface area contributed by atoms with E-state index in [0.29, 0.717) is 104 Å². The van der Waals surface area contributed by atoms with Crippen molar-refractivity contribution in [1.82, 2.24) is 52.3 Å². The molecular formula is C73H70F3N15O8S2. The number of carbonyl (C=O) groups excluding carboxylic acids is 1. The minimum absolute atomic E-state index is 0.0319. The Morgan fingerprint density at radius 1 is 0.495 bits per heavy atom. The number of anilines is 3. The highest BCUT2D eigenvalue weighted by atomic mass is 32.2. The molecule has 1 fully saturated rings. The van der Waals surface area contributed by atoms with Gasteiger partial charge in [0.15, 0.2) is 0 Å². The second kappa shape index (κ2) is 27.6. The summed E-state index contributed by atoms with van der Waals surface area (Å²) in [6.07, 6.45) is 14.4. The van der Waals surface area contributed by atoms with E-state index in [1.54, 1.807) is 77.6 Å². The molecule has 1 amide bonds. The molecule has 16 rings (SSSR count). The molecule has 0 saturated carbocycles. The lowest BCUT2D eigenvalue weighted by atomic mass is 10.0. The molecule has 0 spiro atoms. The molecule has 28 heteroatoms. The van der Waals surface area contributed by atoms with Crippen LogP contribution in [-0.2, 0) is 70.3 Å². The first-order chi connectivity index (χ1) is 48.6. The van der Waals surface area contributed by atoms with Crippen molar-refractivity contribution in [2.24, 2.45) is 5.14 Å². The Balaban J connectivity index is 0.000000129. The van der Waals surface area contributed by atoms with Crippen LogP contribution in [0.25, 0.3) is 50.3 Å². The zero-order chi connectivity index (χ0) is 70.4. The molecule has 23 nitrogen and oxygen atoms in total. The highest BCUT2D eigenvalue weighted by molar-refractivity contribution is 7.89. The number of sulfonamides is 2. The summed E-state index contributed by atoms with van der Waals surface area (Å²) in [6, 6.07) is 30.4. The van der Waals surface area contributed by atoms with E-state index in [1.165, 1.54) is 48.7 Å². The summed E-state index contributed by atoms with van der Waals surface area (Å²) >= 11 is 0. The number of rotatable bonds is 17. The molecule has 0 unspecified atom stereocenters. The van der Waals surface area contributed by atoms with Crippen LogP contribution in [0.3, 0.4) is 0 Å². The quantitative estimate of drug-likeness (QED) is 0.0659. The van der Waals surface area contributed by atoms with Crippen molar-refractivity contribution < 1.29 is 49.0 Å². The van der Waals surface area contributed by atoms with E-state index in [2.05, 4.69) is 53.0 Å². The van der Waals surface area contributed by atoms with Gasteiger partial charge in [-0.15, -0.1) is 0 Å². The van der Waals surface area contributed by atoms with Crippen molar-refractivity contribution >= 4 is 60.7 Å². The van der Waals surface area contributed by atoms with Gasteiger partial charge < -0.3 is 35.1 Å². The van der Waals surface area contributed by atoms with Gasteiger partial charge in [-0.25, -0.2) is 69.4 Å². The van der Waals surface area contributed by atoms with Gasteiger partial charge >= 0.3 is 0 Å². The van der Waals surface area contributed by atoms with E-state index in [9.17, 15) is 34.8 Å². The summed E-state index contributed by atoms with van der Waals surface area (Å²) < 4.78 is 115. The van der Waals surface area contributed by atoms with E-state index in [4.69, 9.17) is 24.3 Å². The van der Waals surface area contributed by atoms with Gasteiger partial charge in [0.2, 0.25) is 43.8 Å². The van der Waals surface area contributed by atoms with Gasteiger partial charge in [0.05, 0.1) is 46.7 Å². The number of nitrogens with two attached hydrogens (primary N) is 1. The monoisotopic (exact) mass is 1410 g/mol. The maximum absolute atomic E-state index is 14.6. The van der Waals surface area contributed by atoms with Gasteiger partial charge in [-0.1, -0.05) is 48.5 Å². The van der Waals surface area contributed by atoms with Gasteiger partial charge in [0.25, 0.3) is 0 Å². The molecule has 4 aliphatic rings. The van der Waals surface area contributed by atoms with Gasteiger partial charge in [0.1, 0.15) is 51.6 Å². The van der Waals surface area contributed by atoms with Gasteiger partial charge in [-0.2, -0.15) is 0 Å². The Labute approximate surface area is 580 Å². The number of aromatic nitrogens is 9. The van der Waals surface area contributed by atoms with Crippen LogP contribution in [0.2, 0.25) is 0 Å². The number of imidazole rings is 3. The number of primary sulfonamides is 1. The van der Waals surface area contributed by atoms with E-state index < -0.39 is 20.0 Å². The van der Waals surface area contributed by atoms with E-state index in [0.717, 1.165) is 109 Å². The number of nitrogens with zero attached hydrogens (tertiary/aromatic N) is 11. The molecule has 101 heavy (non-hydrogen) atoms. The molecule has 0 radical (unpaired) electrons. The number of ether oxygens (including phenoxy) is 3. The zero-order valence-corrected chi connectivity index (χ0v) is 57.4. The fourth-order valence-electron chi connectivity index (χ4n) is 13.0. The molecular weight excluding hydrogens is 1340 g/mol. The predicted octanol–water partition coefficient (Wildman–Crippen LogP) is 11.2. The molecule has 6 aromatic heterocycles. The highest BCUT2D eigenvalue weighted by Crippen LogP contribution is 2.36. The van der Waals surface area contributed by atoms with Crippen LogP contribution >= 0.6 is 0 Å². The fourth-order valence-corrected chi connectivity index (χ4v) is 14.4. The lowest BCUT2D eigenvalue weighted by Gasteiger charge is -2.16. The van der Waals surface area contributed by atoms with Gasteiger partial charge in [0, 0.05) is 160 Å². The third kappa shape index (κ3) is 13.7. The summed E-state index contributed by atoms with van der Waals surface area (Å²) in [5.74, 6) is 3.27. The third-order valence-corrected chi connectivity index (χ3v) is 20.9. The number of hydrogen-bond acceptors (Lipinski definition) is 17. The fraction of sp³-hybridized carbons (Fsp3) is 0.247. The standard InChI is InChI=1S/C27H26FN5O2.C24H24FN5O3S.C22H20FN5O3S/c1-17-15-33-26(31-17)21(19-6-4-18(5-7-19)16-32-11-2-3-25(32)34)13-29-27(33)30-14-22-20-10-12-35-24(20)9-8-23(22)28;1-15-14-30-23(28-15)19(16-4-6-17(7-5-16)34(31,32)29(2)3)12-26-24(30)27-13-20-18-10-11-33-22(18)9-8-21(20)25;1-13-12-28-21(27-13)17(14-2-4-15(5-3-14)32(24,29)30)10-25-22(28)26-11-18-16-8-9-31-20(16)7-6-19(18)23/h4-9,13,15H,2-3,10-12,14,16H2,1H3,(H,29,30);4-9,12,14H,10-11,13H2,1-3H3,(H,26,27);2-7,10,12H,8-9,11H2,1H3,(H,25,26)(H2,24,29,30). The maximum atomic E-state index is 14.6. The minimum atomic E-state index is -3.77. The first-order valence-corrected chi connectivity index (χ1v) is 35.7. The molecule has 6 aromatic carbocycles. The van der Waals surface area contributed by atoms with Gasteiger partial charge in [-0.3, -0.25) is 18.0 Å². The van der Waals surface area contributed by atoms with Crippen molar-refractivity contribution in [2.45, 2.75) is 88.8 Å². The molecule has 0 aliphatic carbocycles. The third-order valence-electron chi connectivity index (χ3n) is 18.2. The van der Waals surface area contributed by atoms with Crippen molar-refractivity contribution in [3.63, 3.8) is 0 Å². The average Bonchev–Trinajstić information content (AvgIpc) is 1.72. The number of amides is 1. The molecule has 0 bridgehead atoms. The zero-order valence-electron chi connectivity index (χ0n) is 55.8. The van der Waals surface area contributed by atoms with Crippen molar-refractivity contribution in [3.8, 4) is 50.6 Å². The Hall–Kier alpha value is -10.9. The average molecular weight is 1410 g/mol. The van der Waals surface area contributed by atoms with Crippen molar-refractivity contribution in [3.05, 3.63) is 220 Å². The van der Waals surface area contributed by atoms with E-state index in [-0.39, 0.29) is 46.2 Å². The smallest absolute Gasteiger partial charge is 0.242 e. The number of halogens is 3. The molecule has 5 N–H and O–H groups in total. The molecule has 518 valence electrons. The van der Waals surface area contributed by atoms with Crippen LogP contribution in [0.4, 0.5) is 31.0 Å². The van der Waals surface area contributed by atoms with Crippen molar-refractivity contribution in [2.75, 3.05) is 56.4 Å². The van der Waals surface area contributed by atoms with Crippen LogP contribution < -0.4 is 35.3 Å². The molecule has 12 aromatic rings. The molecule has 4 aliphatic heterocycles. The summed E-state index contributed by atoms with van der Waals surface area (Å²) in [7, 11) is -4.29. The Morgan fingerprint density at radius 3 is 1.19 bits per heavy atom. The number of aryl methyl sites for hydroxylation is 3. The number of benzene rings is 6. The summed E-state index contributed by atoms with van der Waals surface area (Å²) in [6.45, 7) is 9.66. The van der Waals surface area contributed by atoms with Crippen LogP contribution in [0.1, 0.15) is 68.9 Å². The Bertz CT molecular complexity index is 5440. The molecule has 0 atom stereocenters. The van der Waals surface area contributed by atoms with Gasteiger partial charge in [-0.05, 0) is 110 Å². The lowest BCUT2D eigenvalue weighted by Crippen LogP contribution is -2.23. The van der Waals surface area contributed by atoms with E-state index in [1.807, 2.05) is 65.2 Å². The van der Waals surface area contributed by atoms with Crippen molar-refractivity contribution in [1.29, 1.82) is 0 Å². The Kier molecular flexibility index (Phi) is 18.4. The minimum Gasteiger partial charge on any atom is -0.493 e. The number of carbonyl (C=O) groups is 1. The number of hydrogen-bond donors (Lipinski definition) is 4. The summed E-state index contributed by atoms with van der Waals surface area (Å²) in [4.78, 5) is 41.8. The van der Waals surface area contributed by atoms with Crippen LogP contribution in [0.15, 0.2) is 156 Å². The largest absolute Gasteiger partial charge is 0.493 e. The van der Waals surface area contributed by atoms with Crippen LogP contribution in [-0.4, -0.2) is 116 Å². The topological polar surface area (TPSA) is 272 Å². The second-order valence-corrected chi connectivity index (χ2v) is 28.8. The highest BCUT2D eigenvalue weighted by Gasteiger charge is 2.26. The lowest BCUT2D eigenvalue weighted by molar-refractivity contribution is -0.128. The maximum Gasteiger partial charge on any atom is 0.242 e. The van der Waals surface area contributed by atoms with Crippen LogP contribution in [0, 0.1) is 38.2 Å². The number of nitrogens with one attached hydrogen (secondary N) is 3. The second-order valence-electron chi connectivity index (χ2n) is 25.1. The predicted molar refractivity (Wildman–Crippen MR) is 375 cm³/mol.